The number of hydrogen-bond donors (Lipinski definition) is 0. The fraction of sp³-hybridized carbons (Fsp3) is 0.0909. The van der Waals surface area contributed by atoms with Crippen LogP contribution in [-0.4, -0.2) is 9.78 Å². The van der Waals surface area contributed by atoms with Crippen LogP contribution in [0.25, 0.3) is 10.6 Å². The van der Waals surface area contributed by atoms with Crippen molar-refractivity contribution in [1.82, 2.24) is 9.78 Å². The first-order valence-corrected chi connectivity index (χ1v) is 6.42. The summed E-state index contributed by atoms with van der Waals surface area (Å²) in [6.07, 6.45) is 0. The van der Waals surface area contributed by atoms with Gasteiger partial charge in [-0.05, 0) is 3.93 Å². The average Bonchev–Trinajstić information content (AvgIpc) is 2.69. The molecule has 0 saturated heterocycles. The molecule has 0 bridgehead atoms. The number of halogens is 1. The van der Waals surface area contributed by atoms with E-state index in [1.807, 2.05) is 52.9 Å². The Morgan fingerprint density at radius 3 is 2.81 bits per heavy atom. The Bertz CT molecular complexity index is 592. The monoisotopic (exact) mass is 342 g/mol. The fourth-order valence-corrected chi connectivity index (χ4v) is 2.15. The van der Waals surface area contributed by atoms with Crippen LogP contribution in [0.4, 0.5) is 0 Å². The molecule has 1 aromatic carbocycles. The highest BCUT2D eigenvalue weighted by molar-refractivity contribution is 14.1. The molecule has 0 fully saturated rings. The van der Waals surface area contributed by atoms with Crippen molar-refractivity contribution in [3.63, 3.8) is 0 Å². The number of hydrogen-bond acceptors (Lipinski definition) is 3. The molecular formula is C11H7IN2OS. The van der Waals surface area contributed by atoms with Gasteiger partial charge in [-0.2, -0.15) is 5.10 Å². The molecule has 0 saturated carbocycles. The predicted molar refractivity (Wildman–Crippen MR) is 73.6 cm³/mol. The smallest absolute Gasteiger partial charge is 0.255 e. The van der Waals surface area contributed by atoms with Gasteiger partial charge < -0.3 is 0 Å². The van der Waals surface area contributed by atoms with Gasteiger partial charge in [0.15, 0.2) is 0 Å². The SMILES string of the molecule is O=c1sc(-c2ccccc2)nn1CC#CI. The van der Waals surface area contributed by atoms with Crippen molar-refractivity contribution in [1.29, 1.82) is 0 Å². The number of nitrogens with zero attached hydrogens (tertiary/aromatic N) is 2. The van der Waals surface area contributed by atoms with Crippen LogP contribution in [0.3, 0.4) is 0 Å². The predicted octanol–water partition coefficient (Wildman–Crippen LogP) is 2.37. The molecule has 2 aromatic rings. The molecule has 16 heavy (non-hydrogen) atoms. The summed E-state index contributed by atoms with van der Waals surface area (Å²) in [7, 11) is 0. The zero-order valence-electron chi connectivity index (χ0n) is 8.18. The zero-order chi connectivity index (χ0) is 11.4. The van der Waals surface area contributed by atoms with Gasteiger partial charge in [0.05, 0.1) is 0 Å². The first-order chi connectivity index (χ1) is 7.81. The van der Waals surface area contributed by atoms with Crippen LogP contribution < -0.4 is 4.87 Å². The lowest BCUT2D eigenvalue weighted by molar-refractivity contribution is 0.696. The number of benzene rings is 1. The number of aromatic nitrogens is 2. The van der Waals surface area contributed by atoms with Crippen molar-refractivity contribution < 1.29 is 0 Å². The molecule has 5 heteroatoms. The topological polar surface area (TPSA) is 34.9 Å². The lowest BCUT2D eigenvalue weighted by Crippen LogP contribution is -2.13. The summed E-state index contributed by atoms with van der Waals surface area (Å²) in [5.41, 5.74) is 0.964. The number of rotatable bonds is 2. The van der Waals surface area contributed by atoms with Gasteiger partial charge in [0.25, 0.3) is 0 Å². The summed E-state index contributed by atoms with van der Waals surface area (Å²) in [6, 6.07) is 9.66. The van der Waals surface area contributed by atoms with Gasteiger partial charge in [0.1, 0.15) is 11.6 Å². The van der Waals surface area contributed by atoms with Crippen LogP contribution in [0.15, 0.2) is 35.1 Å². The van der Waals surface area contributed by atoms with Crippen molar-refractivity contribution in [2.75, 3.05) is 0 Å². The highest BCUT2D eigenvalue weighted by Gasteiger charge is 2.06. The molecule has 2 rings (SSSR count). The largest absolute Gasteiger partial charge is 0.326 e. The standard InChI is InChI=1S/C11H7IN2OS/c12-7-4-8-14-11(15)16-10(13-14)9-5-2-1-3-6-9/h1-3,5-6H,8H2. The molecule has 0 amide bonds. The molecule has 0 aliphatic rings. The zero-order valence-corrected chi connectivity index (χ0v) is 11.2. The lowest BCUT2D eigenvalue weighted by atomic mass is 10.2. The molecular weight excluding hydrogens is 335 g/mol. The Hall–Kier alpha value is -1.13. The Morgan fingerprint density at radius 2 is 2.12 bits per heavy atom. The molecule has 1 heterocycles. The van der Waals surface area contributed by atoms with E-state index in [1.165, 1.54) is 4.68 Å². The minimum atomic E-state index is -0.0713. The second kappa shape index (κ2) is 5.27. The van der Waals surface area contributed by atoms with Crippen LogP contribution in [0.5, 0.6) is 0 Å². The quantitative estimate of drug-likeness (QED) is 0.620. The molecule has 0 N–H and O–H groups in total. The van der Waals surface area contributed by atoms with Gasteiger partial charge >= 0.3 is 4.87 Å². The van der Waals surface area contributed by atoms with Crippen LogP contribution in [0.2, 0.25) is 0 Å². The van der Waals surface area contributed by atoms with Gasteiger partial charge in [-0.15, -0.1) is 0 Å². The van der Waals surface area contributed by atoms with Crippen molar-refractivity contribution in [2.24, 2.45) is 0 Å². The fourth-order valence-electron chi connectivity index (χ4n) is 1.21. The maximum atomic E-state index is 11.6. The van der Waals surface area contributed by atoms with Gasteiger partial charge in [0, 0.05) is 28.2 Å². The van der Waals surface area contributed by atoms with E-state index in [2.05, 4.69) is 14.9 Å². The molecule has 0 spiro atoms. The minimum absolute atomic E-state index is 0.0713. The second-order valence-corrected chi connectivity index (χ2v) is 4.45. The van der Waals surface area contributed by atoms with E-state index in [0.29, 0.717) is 6.54 Å². The van der Waals surface area contributed by atoms with Crippen LogP contribution in [0.1, 0.15) is 0 Å². The van der Waals surface area contributed by atoms with Crippen LogP contribution >= 0.6 is 33.9 Å². The van der Waals surface area contributed by atoms with E-state index in [0.717, 1.165) is 21.9 Å². The summed E-state index contributed by atoms with van der Waals surface area (Å²) in [5.74, 6) is 2.81. The highest BCUT2D eigenvalue weighted by atomic mass is 127. The van der Waals surface area contributed by atoms with Gasteiger partial charge in [-0.25, -0.2) is 4.68 Å². The molecule has 0 unspecified atom stereocenters. The van der Waals surface area contributed by atoms with E-state index >= 15 is 0 Å². The van der Waals surface area contributed by atoms with Gasteiger partial charge in [0.2, 0.25) is 0 Å². The van der Waals surface area contributed by atoms with E-state index in [9.17, 15) is 4.79 Å². The van der Waals surface area contributed by atoms with Crippen molar-refractivity contribution in [3.8, 4) is 20.4 Å². The molecule has 0 aliphatic heterocycles. The van der Waals surface area contributed by atoms with E-state index in [-0.39, 0.29) is 4.87 Å². The summed E-state index contributed by atoms with van der Waals surface area (Å²) in [6.45, 7) is 0.352. The molecule has 0 atom stereocenters. The molecule has 0 aliphatic carbocycles. The molecule has 1 aromatic heterocycles. The second-order valence-electron chi connectivity index (χ2n) is 2.97. The highest BCUT2D eigenvalue weighted by Crippen LogP contribution is 2.17. The lowest BCUT2D eigenvalue weighted by Gasteiger charge is -1.93. The van der Waals surface area contributed by atoms with Crippen LogP contribution in [-0.2, 0) is 6.54 Å². The minimum Gasteiger partial charge on any atom is -0.255 e. The van der Waals surface area contributed by atoms with Crippen molar-refractivity contribution in [3.05, 3.63) is 40.0 Å². The summed E-state index contributed by atoms with van der Waals surface area (Å²) < 4.78 is 4.10. The third-order valence-corrected chi connectivity index (χ3v) is 3.20. The van der Waals surface area contributed by atoms with Gasteiger partial charge in [-0.3, -0.25) is 4.79 Å². The van der Waals surface area contributed by atoms with E-state index in [1.54, 1.807) is 0 Å². The molecule has 0 radical (unpaired) electrons. The maximum Gasteiger partial charge on any atom is 0.326 e. The van der Waals surface area contributed by atoms with Gasteiger partial charge in [-0.1, -0.05) is 47.6 Å². The van der Waals surface area contributed by atoms with E-state index in [4.69, 9.17) is 0 Å². The van der Waals surface area contributed by atoms with Crippen LogP contribution in [0, 0.1) is 9.85 Å². The first kappa shape index (κ1) is 11.4. The van der Waals surface area contributed by atoms with Crippen molar-refractivity contribution >= 4 is 33.9 Å². The molecule has 80 valence electrons. The van der Waals surface area contributed by atoms with Crippen molar-refractivity contribution in [2.45, 2.75) is 6.54 Å². The van der Waals surface area contributed by atoms with E-state index < -0.39 is 0 Å². The first-order valence-electron chi connectivity index (χ1n) is 4.53. The third kappa shape index (κ3) is 2.51. The average molecular weight is 342 g/mol. The third-order valence-electron chi connectivity index (χ3n) is 1.92. The Kier molecular flexibility index (Phi) is 3.74. The maximum absolute atomic E-state index is 11.6. The Morgan fingerprint density at radius 1 is 1.38 bits per heavy atom. The Balaban J connectivity index is 2.37. The molecule has 3 nitrogen and oxygen atoms in total. The summed E-state index contributed by atoms with van der Waals surface area (Å²) >= 11 is 3.09. The summed E-state index contributed by atoms with van der Waals surface area (Å²) in [5, 5.41) is 4.97. The Labute approximate surface area is 110 Å². The normalized spacial score (nSPS) is 9.56. The summed E-state index contributed by atoms with van der Waals surface area (Å²) in [4.78, 5) is 11.5.